The van der Waals surface area contributed by atoms with Crippen LogP contribution in [0.15, 0.2) is 5.51 Å². The standard InChI is InChI=1S/C9H12N4S2/c1-5-7(14-4-11-5)9-13-12-8(15-9)6(2)10-3/h4,6,10H,1-3H3. The van der Waals surface area contributed by atoms with Crippen LogP contribution in [0, 0.1) is 6.92 Å². The van der Waals surface area contributed by atoms with Gasteiger partial charge in [-0.3, -0.25) is 0 Å². The van der Waals surface area contributed by atoms with Crippen LogP contribution >= 0.6 is 22.7 Å². The molecule has 2 rings (SSSR count). The quantitative estimate of drug-likeness (QED) is 0.894. The molecule has 0 radical (unpaired) electrons. The molecule has 2 aromatic rings. The molecule has 1 atom stereocenters. The third kappa shape index (κ3) is 2.06. The first kappa shape index (κ1) is 10.7. The Kier molecular flexibility index (Phi) is 3.08. The van der Waals surface area contributed by atoms with Crippen LogP contribution in [0.25, 0.3) is 9.88 Å². The molecule has 80 valence electrons. The zero-order chi connectivity index (χ0) is 10.8. The first-order valence-electron chi connectivity index (χ1n) is 4.63. The maximum absolute atomic E-state index is 4.21. The van der Waals surface area contributed by atoms with Gasteiger partial charge in [0.15, 0.2) is 5.01 Å². The average molecular weight is 240 g/mol. The molecule has 15 heavy (non-hydrogen) atoms. The second kappa shape index (κ2) is 4.34. The molecule has 0 amide bonds. The molecule has 0 aliphatic heterocycles. The number of hydrogen-bond donors (Lipinski definition) is 1. The summed E-state index contributed by atoms with van der Waals surface area (Å²) in [5, 5.41) is 13.5. The van der Waals surface area contributed by atoms with Crippen LogP contribution in [0.5, 0.6) is 0 Å². The fourth-order valence-electron chi connectivity index (χ4n) is 1.13. The molecular weight excluding hydrogens is 228 g/mol. The molecule has 4 nitrogen and oxygen atoms in total. The Morgan fingerprint density at radius 3 is 2.80 bits per heavy atom. The summed E-state index contributed by atoms with van der Waals surface area (Å²) in [4.78, 5) is 5.34. The van der Waals surface area contributed by atoms with Gasteiger partial charge in [0.1, 0.15) is 5.01 Å². The van der Waals surface area contributed by atoms with Gasteiger partial charge in [-0.1, -0.05) is 11.3 Å². The first-order chi connectivity index (χ1) is 7.22. The normalized spacial score (nSPS) is 13.0. The Hall–Kier alpha value is -0.850. The molecule has 6 heteroatoms. The molecule has 0 aromatic carbocycles. The summed E-state index contributed by atoms with van der Waals surface area (Å²) in [6.45, 7) is 4.07. The first-order valence-corrected chi connectivity index (χ1v) is 6.33. The predicted octanol–water partition coefficient (Wildman–Crippen LogP) is 2.25. The van der Waals surface area contributed by atoms with Crippen LogP contribution in [0.2, 0.25) is 0 Å². The van der Waals surface area contributed by atoms with E-state index >= 15 is 0 Å². The maximum atomic E-state index is 4.21. The van der Waals surface area contributed by atoms with Gasteiger partial charge in [0.25, 0.3) is 0 Å². The lowest BCUT2D eigenvalue weighted by Gasteiger charge is -2.02. The van der Waals surface area contributed by atoms with E-state index in [1.54, 1.807) is 22.7 Å². The van der Waals surface area contributed by atoms with Crippen LogP contribution in [-0.4, -0.2) is 22.2 Å². The van der Waals surface area contributed by atoms with Crippen LogP contribution in [0.3, 0.4) is 0 Å². The third-order valence-corrected chi connectivity index (χ3v) is 4.37. The van der Waals surface area contributed by atoms with E-state index in [9.17, 15) is 0 Å². The number of thiazole rings is 1. The van der Waals surface area contributed by atoms with Crippen molar-refractivity contribution in [3.8, 4) is 9.88 Å². The Morgan fingerprint density at radius 1 is 1.40 bits per heavy atom. The fourth-order valence-corrected chi connectivity index (χ4v) is 2.98. The van der Waals surface area contributed by atoms with Gasteiger partial charge in [-0.05, 0) is 20.9 Å². The lowest BCUT2D eigenvalue weighted by Crippen LogP contribution is -2.11. The summed E-state index contributed by atoms with van der Waals surface area (Å²) in [6, 6.07) is 0.254. The number of aryl methyl sites for hydroxylation is 1. The Balaban J connectivity index is 2.32. The molecule has 0 aliphatic carbocycles. The second-order valence-electron chi connectivity index (χ2n) is 3.22. The lowest BCUT2D eigenvalue weighted by molar-refractivity contribution is 0.640. The van der Waals surface area contributed by atoms with E-state index in [2.05, 4.69) is 27.4 Å². The largest absolute Gasteiger partial charge is 0.311 e. The zero-order valence-electron chi connectivity index (χ0n) is 8.81. The highest BCUT2D eigenvalue weighted by atomic mass is 32.1. The van der Waals surface area contributed by atoms with E-state index in [1.807, 2.05) is 19.5 Å². The van der Waals surface area contributed by atoms with Crippen LogP contribution in [-0.2, 0) is 0 Å². The topological polar surface area (TPSA) is 50.7 Å². The molecule has 0 fully saturated rings. The molecular formula is C9H12N4S2. The summed E-state index contributed by atoms with van der Waals surface area (Å²) in [5.74, 6) is 0. The summed E-state index contributed by atoms with van der Waals surface area (Å²) < 4.78 is 0. The number of nitrogens with zero attached hydrogens (tertiary/aromatic N) is 3. The van der Waals surface area contributed by atoms with Crippen molar-refractivity contribution in [3.05, 3.63) is 16.2 Å². The van der Waals surface area contributed by atoms with E-state index in [0.717, 1.165) is 20.6 Å². The Bertz CT molecular complexity index is 448. The van der Waals surface area contributed by atoms with Crippen molar-refractivity contribution in [2.24, 2.45) is 0 Å². The second-order valence-corrected chi connectivity index (χ2v) is 5.09. The molecule has 0 spiro atoms. The SMILES string of the molecule is CNC(C)c1nnc(-c2scnc2C)s1. The van der Waals surface area contributed by atoms with Gasteiger partial charge < -0.3 is 5.32 Å². The lowest BCUT2D eigenvalue weighted by atomic mass is 10.4. The Morgan fingerprint density at radius 2 is 2.20 bits per heavy atom. The Labute approximate surface area is 96.4 Å². The fraction of sp³-hybridized carbons (Fsp3) is 0.444. The minimum atomic E-state index is 0.254. The van der Waals surface area contributed by atoms with Crippen molar-refractivity contribution in [3.63, 3.8) is 0 Å². The number of hydrogen-bond acceptors (Lipinski definition) is 6. The number of rotatable bonds is 3. The maximum Gasteiger partial charge on any atom is 0.159 e. The van der Waals surface area contributed by atoms with Crippen molar-refractivity contribution < 1.29 is 0 Å². The molecule has 1 unspecified atom stereocenters. The molecule has 0 aliphatic rings. The minimum Gasteiger partial charge on any atom is -0.311 e. The summed E-state index contributed by atoms with van der Waals surface area (Å²) >= 11 is 3.23. The third-order valence-electron chi connectivity index (χ3n) is 2.18. The molecule has 0 saturated carbocycles. The van der Waals surface area contributed by atoms with E-state index in [-0.39, 0.29) is 6.04 Å². The number of nitrogens with one attached hydrogen (secondary N) is 1. The van der Waals surface area contributed by atoms with E-state index in [4.69, 9.17) is 0 Å². The van der Waals surface area contributed by atoms with Gasteiger partial charge in [-0.25, -0.2) is 4.98 Å². The van der Waals surface area contributed by atoms with Crippen molar-refractivity contribution in [2.45, 2.75) is 19.9 Å². The molecule has 0 saturated heterocycles. The summed E-state index contributed by atoms with van der Waals surface area (Å²) in [6.07, 6.45) is 0. The van der Waals surface area contributed by atoms with Gasteiger partial charge in [0.05, 0.1) is 22.1 Å². The van der Waals surface area contributed by atoms with Crippen molar-refractivity contribution in [2.75, 3.05) is 7.05 Å². The van der Waals surface area contributed by atoms with Gasteiger partial charge in [0, 0.05) is 0 Å². The average Bonchev–Trinajstić information content (AvgIpc) is 2.84. The van der Waals surface area contributed by atoms with Crippen molar-refractivity contribution in [1.29, 1.82) is 0 Å². The predicted molar refractivity (Wildman–Crippen MR) is 63.2 cm³/mol. The zero-order valence-corrected chi connectivity index (χ0v) is 10.4. The summed E-state index contributed by atoms with van der Waals surface area (Å²) in [7, 11) is 1.92. The van der Waals surface area contributed by atoms with Crippen LogP contribution in [0.4, 0.5) is 0 Å². The van der Waals surface area contributed by atoms with Gasteiger partial charge in [-0.15, -0.1) is 21.5 Å². The molecule has 2 aromatic heterocycles. The molecule has 2 heterocycles. The minimum absolute atomic E-state index is 0.254. The van der Waals surface area contributed by atoms with Crippen LogP contribution in [0.1, 0.15) is 23.7 Å². The van der Waals surface area contributed by atoms with Gasteiger partial charge in [0.2, 0.25) is 0 Å². The molecule has 0 bridgehead atoms. The number of aromatic nitrogens is 3. The van der Waals surface area contributed by atoms with E-state index < -0.39 is 0 Å². The van der Waals surface area contributed by atoms with Crippen molar-refractivity contribution >= 4 is 22.7 Å². The highest BCUT2D eigenvalue weighted by Gasteiger charge is 2.14. The monoisotopic (exact) mass is 240 g/mol. The van der Waals surface area contributed by atoms with Gasteiger partial charge >= 0.3 is 0 Å². The van der Waals surface area contributed by atoms with Gasteiger partial charge in [-0.2, -0.15) is 0 Å². The highest BCUT2D eigenvalue weighted by Crippen LogP contribution is 2.31. The van der Waals surface area contributed by atoms with Crippen LogP contribution < -0.4 is 5.32 Å². The summed E-state index contributed by atoms with van der Waals surface area (Å²) in [5.41, 5.74) is 2.87. The van der Waals surface area contributed by atoms with Crippen molar-refractivity contribution in [1.82, 2.24) is 20.5 Å². The highest BCUT2D eigenvalue weighted by molar-refractivity contribution is 7.20. The van der Waals surface area contributed by atoms with E-state index in [1.165, 1.54) is 0 Å². The smallest absolute Gasteiger partial charge is 0.159 e. The van der Waals surface area contributed by atoms with E-state index in [0.29, 0.717) is 0 Å². The molecule has 1 N–H and O–H groups in total.